The van der Waals surface area contributed by atoms with Crippen LogP contribution in [0.15, 0.2) is 33.6 Å². The number of hydrogen-bond acceptors (Lipinski definition) is 3. The normalized spacial score (nSPS) is 18.6. The molecule has 0 unspecified atom stereocenters. The van der Waals surface area contributed by atoms with E-state index in [2.05, 4.69) is 20.8 Å². The van der Waals surface area contributed by atoms with Crippen LogP contribution in [0.5, 0.6) is 0 Å². The van der Waals surface area contributed by atoms with Gasteiger partial charge in [0.05, 0.1) is 4.90 Å². The summed E-state index contributed by atoms with van der Waals surface area (Å²) in [5, 5.41) is 0. The lowest BCUT2D eigenvalue weighted by Gasteiger charge is -2.33. The van der Waals surface area contributed by atoms with Crippen LogP contribution in [-0.4, -0.2) is 56.2 Å². The van der Waals surface area contributed by atoms with E-state index in [0.29, 0.717) is 23.9 Å². The van der Waals surface area contributed by atoms with Crippen molar-refractivity contribution in [3.8, 4) is 0 Å². The summed E-state index contributed by atoms with van der Waals surface area (Å²) in [6.07, 6.45) is 0. The quantitative estimate of drug-likeness (QED) is 0.764. The second-order valence-corrected chi connectivity index (χ2v) is 7.62. The number of sulfonamides is 1. The summed E-state index contributed by atoms with van der Waals surface area (Å²) in [5.41, 5.74) is 0. The summed E-state index contributed by atoms with van der Waals surface area (Å²) >= 11 is 9.00. The van der Waals surface area contributed by atoms with Gasteiger partial charge in [-0.15, -0.1) is 11.6 Å². The van der Waals surface area contributed by atoms with Crippen LogP contribution in [-0.2, 0) is 10.0 Å². The van der Waals surface area contributed by atoms with Crippen LogP contribution in [0.2, 0.25) is 0 Å². The zero-order valence-electron chi connectivity index (χ0n) is 10.4. The van der Waals surface area contributed by atoms with Gasteiger partial charge < -0.3 is 0 Å². The maximum atomic E-state index is 12.5. The van der Waals surface area contributed by atoms with E-state index >= 15 is 0 Å². The minimum atomic E-state index is -3.38. The molecule has 0 radical (unpaired) electrons. The van der Waals surface area contributed by atoms with E-state index in [1.165, 1.54) is 0 Å². The zero-order valence-corrected chi connectivity index (χ0v) is 13.6. The molecule has 0 atom stereocenters. The summed E-state index contributed by atoms with van der Waals surface area (Å²) in [7, 11) is -3.38. The molecule has 1 aliphatic heterocycles. The van der Waals surface area contributed by atoms with Gasteiger partial charge in [0, 0.05) is 43.1 Å². The van der Waals surface area contributed by atoms with E-state index in [0.717, 1.165) is 24.1 Å². The number of halogens is 2. The molecular formula is C12H16BrClN2O2S. The fourth-order valence-corrected chi connectivity index (χ4v) is 4.35. The Morgan fingerprint density at radius 3 is 2.47 bits per heavy atom. The van der Waals surface area contributed by atoms with Crippen molar-refractivity contribution >= 4 is 37.6 Å². The van der Waals surface area contributed by atoms with E-state index in [9.17, 15) is 8.42 Å². The predicted molar refractivity (Wildman–Crippen MR) is 80.1 cm³/mol. The van der Waals surface area contributed by atoms with Gasteiger partial charge in [-0.2, -0.15) is 4.31 Å². The number of nitrogens with zero attached hydrogens (tertiary/aromatic N) is 2. The highest BCUT2D eigenvalue weighted by Gasteiger charge is 2.28. The van der Waals surface area contributed by atoms with Crippen LogP contribution in [0, 0.1) is 0 Å². The molecule has 0 spiro atoms. The van der Waals surface area contributed by atoms with E-state index < -0.39 is 10.0 Å². The maximum absolute atomic E-state index is 12.5. The molecular weight excluding hydrogens is 352 g/mol. The third kappa shape index (κ3) is 3.70. The number of alkyl halides is 1. The topological polar surface area (TPSA) is 40.6 Å². The average Bonchev–Trinajstić information content (AvgIpc) is 2.40. The first-order valence-electron chi connectivity index (χ1n) is 6.08. The van der Waals surface area contributed by atoms with Crippen LogP contribution in [0.1, 0.15) is 0 Å². The van der Waals surface area contributed by atoms with Crippen LogP contribution in [0.3, 0.4) is 0 Å². The molecule has 2 rings (SSSR count). The Labute approximate surface area is 127 Å². The molecule has 7 heteroatoms. The molecule has 1 aromatic rings. The highest BCUT2D eigenvalue weighted by molar-refractivity contribution is 9.10. The van der Waals surface area contributed by atoms with Crippen molar-refractivity contribution in [2.45, 2.75) is 4.90 Å². The molecule has 0 N–H and O–H groups in total. The molecule has 4 nitrogen and oxygen atoms in total. The summed E-state index contributed by atoms with van der Waals surface area (Å²) in [6.45, 7) is 3.32. The molecule has 0 aromatic heterocycles. The van der Waals surface area contributed by atoms with Crippen molar-refractivity contribution in [1.82, 2.24) is 9.21 Å². The van der Waals surface area contributed by atoms with Gasteiger partial charge in [0.2, 0.25) is 10.0 Å². The second-order valence-electron chi connectivity index (χ2n) is 4.39. The summed E-state index contributed by atoms with van der Waals surface area (Å²) in [6, 6.07) is 6.82. The van der Waals surface area contributed by atoms with Gasteiger partial charge in [0.15, 0.2) is 0 Å². The van der Waals surface area contributed by atoms with Crippen molar-refractivity contribution in [2.24, 2.45) is 0 Å². The summed E-state index contributed by atoms with van der Waals surface area (Å²) in [5.74, 6) is 0.582. The molecule has 1 heterocycles. The highest BCUT2D eigenvalue weighted by atomic mass is 79.9. The summed E-state index contributed by atoms with van der Waals surface area (Å²) in [4.78, 5) is 2.52. The van der Waals surface area contributed by atoms with Gasteiger partial charge in [-0.3, -0.25) is 4.90 Å². The molecule has 0 amide bonds. The monoisotopic (exact) mass is 366 g/mol. The number of benzene rings is 1. The van der Waals surface area contributed by atoms with Crippen molar-refractivity contribution in [3.05, 3.63) is 28.7 Å². The van der Waals surface area contributed by atoms with Gasteiger partial charge in [-0.05, 0) is 18.2 Å². The number of piperazine rings is 1. The van der Waals surface area contributed by atoms with Crippen LogP contribution in [0.25, 0.3) is 0 Å². The van der Waals surface area contributed by atoms with Crippen molar-refractivity contribution in [1.29, 1.82) is 0 Å². The lowest BCUT2D eigenvalue weighted by atomic mass is 10.4. The fourth-order valence-electron chi connectivity index (χ4n) is 2.09. The van der Waals surface area contributed by atoms with Gasteiger partial charge in [0.25, 0.3) is 0 Å². The molecule has 0 saturated carbocycles. The summed E-state index contributed by atoms with van der Waals surface area (Å²) < 4.78 is 27.2. The zero-order chi connectivity index (χ0) is 13.9. The molecule has 19 heavy (non-hydrogen) atoms. The first-order valence-corrected chi connectivity index (χ1v) is 8.85. The largest absolute Gasteiger partial charge is 0.300 e. The maximum Gasteiger partial charge on any atom is 0.243 e. The van der Waals surface area contributed by atoms with Gasteiger partial charge >= 0.3 is 0 Å². The van der Waals surface area contributed by atoms with Crippen molar-refractivity contribution in [2.75, 3.05) is 38.6 Å². The van der Waals surface area contributed by atoms with Gasteiger partial charge in [-0.1, -0.05) is 22.0 Å². The van der Waals surface area contributed by atoms with E-state index in [4.69, 9.17) is 11.6 Å². The number of rotatable bonds is 4. The molecule has 0 bridgehead atoms. The molecule has 1 saturated heterocycles. The van der Waals surface area contributed by atoms with Crippen LogP contribution in [0.4, 0.5) is 0 Å². The number of hydrogen-bond donors (Lipinski definition) is 0. The molecule has 1 aromatic carbocycles. The molecule has 1 fully saturated rings. The standard InChI is InChI=1S/C12H16BrClN2O2S/c13-11-2-1-3-12(10-11)19(17,18)16-8-6-15(5-4-14)7-9-16/h1-3,10H,4-9H2. The minimum absolute atomic E-state index is 0.340. The van der Waals surface area contributed by atoms with Gasteiger partial charge in [0.1, 0.15) is 0 Å². The molecule has 0 aliphatic carbocycles. The first-order chi connectivity index (χ1) is 9.04. The smallest absolute Gasteiger partial charge is 0.243 e. The van der Waals surface area contributed by atoms with Crippen molar-refractivity contribution < 1.29 is 8.42 Å². The Morgan fingerprint density at radius 2 is 1.89 bits per heavy atom. The van der Waals surface area contributed by atoms with Crippen LogP contribution >= 0.6 is 27.5 Å². The lowest BCUT2D eigenvalue weighted by molar-refractivity contribution is 0.197. The van der Waals surface area contributed by atoms with Crippen LogP contribution < -0.4 is 0 Å². The van der Waals surface area contributed by atoms with Gasteiger partial charge in [-0.25, -0.2) is 8.42 Å². The Bertz CT molecular complexity index is 530. The van der Waals surface area contributed by atoms with E-state index in [1.807, 2.05) is 6.07 Å². The second kappa shape index (κ2) is 6.54. The van der Waals surface area contributed by atoms with Crippen molar-refractivity contribution in [3.63, 3.8) is 0 Å². The third-order valence-electron chi connectivity index (χ3n) is 3.17. The Balaban J connectivity index is 2.10. The first kappa shape index (κ1) is 15.3. The molecule has 106 valence electrons. The molecule has 1 aliphatic rings. The highest BCUT2D eigenvalue weighted by Crippen LogP contribution is 2.21. The Hall–Kier alpha value is -0.140. The Kier molecular flexibility index (Phi) is 5.25. The average molecular weight is 368 g/mol. The SMILES string of the molecule is O=S(=O)(c1cccc(Br)c1)N1CCN(CCCl)CC1. The van der Waals surface area contributed by atoms with E-state index in [-0.39, 0.29) is 0 Å². The predicted octanol–water partition coefficient (Wildman–Crippen LogP) is 1.99. The lowest BCUT2D eigenvalue weighted by Crippen LogP contribution is -2.48. The fraction of sp³-hybridized carbons (Fsp3) is 0.500. The van der Waals surface area contributed by atoms with E-state index in [1.54, 1.807) is 22.5 Å². The Morgan fingerprint density at radius 1 is 1.21 bits per heavy atom. The minimum Gasteiger partial charge on any atom is -0.300 e. The third-order valence-corrected chi connectivity index (χ3v) is 5.72.